The van der Waals surface area contributed by atoms with E-state index in [0.29, 0.717) is 22.8 Å². The van der Waals surface area contributed by atoms with Gasteiger partial charge in [0.1, 0.15) is 11.3 Å². The molecule has 1 aliphatic heterocycles. The number of hydrogen-bond acceptors (Lipinski definition) is 5. The highest BCUT2D eigenvalue weighted by Crippen LogP contribution is 2.34. The quantitative estimate of drug-likeness (QED) is 0.254. The highest BCUT2D eigenvalue weighted by atomic mass is 35.5. The topological polar surface area (TPSA) is 90.1 Å². The lowest BCUT2D eigenvalue weighted by Crippen LogP contribution is -2.27. The van der Waals surface area contributed by atoms with Crippen LogP contribution in [0.3, 0.4) is 0 Å². The summed E-state index contributed by atoms with van der Waals surface area (Å²) in [6, 6.07) is 6.16. The monoisotopic (exact) mass is 556 g/mol. The molecule has 0 saturated heterocycles. The molecule has 8 nitrogen and oxygen atoms in total. The smallest absolute Gasteiger partial charge is 0.360 e. The number of imidazole rings is 1. The number of nitrogens with one attached hydrogen (secondary N) is 1. The zero-order valence-electron chi connectivity index (χ0n) is 21.1. The molecule has 198 valence electrons. The van der Waals surface area contributed by atoms with Gasteiger partial charge in [0, 0.05) is 40.7 Å². The van der Waals surface area contributed by atoms with E-state index in [2.05, 4.69) is 40.0 Å². The summed E-state index contributed by atoms with van der Waals surface area (Å²) in [5, 5.41) is 4.71. The summed E-state index contributed by atoms with van der Waals surface area (Å²) in [4.78, 5) is 30.3. The lowest BCUT2D eigenvalue weighted by Gasteiger charge is -2.29. The van der Waals surface area contributed by atoms with Gasteiger partial charge < -0.3 is 4.84 Å². The second kappa shape index (κ2) is 10.7. The van der Waals surface area contributed by atoms with Crippen molar-refractivity contribution in [3.05, 3.63) is 80.8 Å². The summed E-state index contributed by atoms with van der Waals surface area (Å²) in [5.41, 5.74) is 1.93. The highest BCUT2D eigenvalue weighted by Gasteiger charge is 2.28. The van der Waals surface area contributed by atoms with Crippen LogP contribution in [0.1, 0.15) is 51.3 Å². The van der Waals surface area contributed by atoms with Crippen LogP contribution in [0.5, 0.6) is 0 Å². The van der Waals surface area contributed by atoms with Crippen molar-refractivity contribution in [2.75, 3.05) is 0 Å². The molecule has 1 aliphatic rings. The van der Waals surface area contributed by atoms with Crippen molar-refractivity contribution in [1.82, 2.24) is 24.5 Å². The molecule has 0 spiro atoms. The average molecular weight is 557 g/mol. The van der Waals surface area contributed by atoms with Crippen LogP contribution in [0.15, 0.2) is 58.7 Å². The largest absolute Gasteiger partial charge is 0.401 e. The highest BCUT2D eigenvalue weighted by molar-refractivity contribution is 6.36. The van der Waals surface area contributed by atoms with Gasteiger partial charge >= 0.3 is 5.69 Å². The molecule has 0 radical (unpaired) electrons. The first-order chi connectivity index (χ1) is 18.3. The second-order valence-corrected chi connectivity index (χ2v) is 10.1. The fourth-order valence-corrected chi connectivity index (χ4v) is 5.67. The number of nitrogens with zero attached hydrogens (tertiary/aromatic N) is 5. The molecule has 3 unspecified atom stereocenters. The van der Waals surface area contributed by atoms with Crippen LogP contribution >= 0.6 is 23.2 Å². The number of H-pyrrole nitrogens is 1. The third-order valence-corrected chi connectivity index (χ3v) is 7.78. The van der Waals surface area contributed by atoms with Gasteiger partial charge in [0.05, 0.1) is 23.0 Å². The summed E-state index contributed by atoms with van der Waals surface area (Å²) in [5.74, 6) is 0.130. The van der Waals surface area contributed by atoms with E-state index in [1.165, 1.54) is 12.1 Å². The second-order valence-electron chi connectivity index (χ2n) is 9.29. The maximum absolute atomic E-state index is 14.0. The van der Waals surface area contributed by atoms with Gasteiger partial charge in [-0.1, -0.05) is 49.9 Å². The van der Waals surface area contributed by atoms with Crippen molar-refractivity contribution in [2.24, 2.45) is 16.8 Å². The Morgan fingerprint density at radius 1 is 1.18 bits per heavy atom. The third kappa shape index (κ3) is 4.76. The normalized spacial score (nSPS) is 18.0. The van der Waals surface area contributed by atoms with Crippen molar-refractivity contribution in [3.8, 4) is 11.3 Å². The SMILES string of the molecule is CCC(CC)C1C=NC=CC1n1cc(-c2ccc3c(n2)[nH]c(=O)n3OC(C)c2c(Cl)ccc(F)c2Cl)cn1. The summed E-state index contributed by atoms with van der Waals surface area (Å²) >= 11 is 12.3. The van der Waals surface area contributed by atoms with Gasteiger partial charge in [0.15, 0.2) is 11.8 Å². The van der Waals surface area contributed by atoms with Crippen LogP contribution in [0, 0.1) is 17.7 Å². The molecule has 5 rings (SSSR count). The van der Waals surface area contributed by atoms with Crippen LogP contribution in [0.2, 0.25) is 10.0 Å². The first-order valence-electron chi connectivity index (χ1n) is 12.5. The standard InChI is InChI=1S/C27H27Cl2FN6O2/c1-4-16(5-2)18-13-31-11-10-22(18)35-14-17(12-32-35)21-8-9-23-26(33-21)34-27(37)36(23)38-15(3)24-19(28)6-7-20(30)25(24)29/h6-16,18,22H,4-5H2,1-3H3,(H,33,34,37). The zero-order valence-corrected chi connectivity index (χ0v) is 22.6. The Kier molecular flexibility index (Phi) is 7.40. The van der Waals surface area contributed by atoms with Crippen LogP contribution in [-0.4, -0.2) is 30.7 Å². The van der Waals surface area contributed by atoms with Crippen molar-refractivity contribution in [2.45, 2.75) is 45.8 Å². The third-order valence-electron chi connectivity index (χ3n) is 7.07. The molecule has 0 aliphatic carbocycles. The summed E-state index contributed by atoms with van der Waals surface area (Å²) < 4.78 is 17.0. The molecule has 4 aromatic rings. The van der Waals surface area contributed by atoms with Gasteiger partial charge in [-0.15, -0.1) is 4.73 Å². The lowest BCUT2D eigenvalue weighted by molar-refractivity contribution is 0.0492. The zero-order chi connectivity index (χ0) is 27.0. The predicted octanol–water partition coefficient (Wildman–Crippen LogP) is 6.42. The minimum Gasteiger partial charge on any atom is -0.401 e. The van der Waals surface area contributed by atoms with E-state index in [1.54, 1.807) is 25.3 Å². The molecule has 3 atom stereocenters. The molecule has 3 aromatic heterocycles. The number of rotatable bonds is 8. The van der Waals surface area contributed by atoms with Gasteiger partial charge in [0.25, 0.3) is 0 Å². The average Bonchev–Trinajstić information content (AvgIpc) is 3.52. The number of aromatic nitrogens is 5. The number of pyridine rings is 1. The van der Waals surface area contributed by atoms with Crippen molar-refractivity contribution >= 4 is 40.6 Å². The Bertz CT molecular complexity index is 1590. The Morgan fingerprint density at radius 2 is 1.97 bits per heavy atom. The summed E-state index contributed by atoms with van der Waals surface area (Å²) in [7, 11) is 0. The molecular formula is C27H27Cl2FN6O2. The Hall–Kier alpha value is -3.43. The fraction of sp³-hybridized carbons (Fsp3) is 0.333. The van der Waals surface area contributed by atoms with E-state index in [0.717, 1.165) is 23.1 Å². The number of aliphatic imine (C=N–C) groups is 1. The number of hydrogen-bond donors (Lipinski definition) is 1. The molecular weight excluding hydrogens is 530 g/mol. The van der Waals surface area contributed by atoms with Gasteiger partial charge in [-0.2, -0.15) is 5.10 Å². The van der Waals surface area contributed by atoms with Gasteiger partial charge in [-0.05, 0) is 43.2 Å². The lowest BCUT2D eigenvalue weighted by atomic mass is 9.82. The van der Waals surface area contributed by atoms with Gasteiger partial charge in [0.2, 0.25) is 0 Å². The van der Waals surface area contributed by atoms with E-state index in [9.17, 15) is 9.18 Å². The molecule has 38 heavy (non-hydrogen) atoms. The van der Waals surface area contributed by atoms with Gasteiger partial charge in [-0.25, -0.2) is 14.2 Å². The fourth-order valence-electron chi connectivity index (χ4n) is 5.00. The van der Waals surface area contributed by atoms with E-state index in [4.69, 9.17) is 28.0 Å². The Morgan fingerprint density at radius 3 is 2.74 bits per heavy atom. The van der Waals surface area contributed by atoms with Crippen LogP contribution < -0.4 is 10.5 Å². The molecule has 0 amide bonds. The number of halogens is 3. The first-order valence-corrected chi connectivity index (χ1v) is 13.2. The number of allylic oxidation sites excluding steroid dienone is 1. The van der Waals surface area contributed by atoms with E-state index >= 15 is 0 Å². The summed E-state index contributed by atoms with van der Waals surface area (Å²) in [6.07, 6.45) is 10.9. The van der Waals surface area contributed by atoms with Crippen molar-refractivity contribution in [3.63, 3.8) is 0 Å². The van der Waals surface area contributed by atoms with Crippen molar-refractivity contribution < 1.29 is 9.23 Å². The Balaban J connectivity index is 1.43. The predicted molar refractivity (Wildman–Crippen MR) is 147 cm³/mol. The molecule has 1 aromatic carbocycles. The number of benzene rings is 1. The molecule has 0 saturated carbocycles. The van der Waals surface area contributed by atoms with Crippen molar-refractivity contribution in [1.29, 1.82) is 0 Å². The minimum absolute atomic E-state index is 0.0622. The molecule has 4 heterocycles. The molecule has 0 fully saturated rings. The number of aromatic amines is 1. The molecule has 0 bridgehead atoms. The maximum atomic E-state index is 14.0. The van der Waals surface area contributed by atoms with Crippen LogP contribution in [0.4, 0.5) is 4.39 Å². The minimum atomic E-state index is -0.810. The molecule has 1 N–H and O–H groups in total. The van der Waals surface area contributed by atoms with E-state index < -0.39 is 17.6 Å². The van der Waals surface area contributed by atoms with E-state index in [-0.39, 0.29) is 27.6 Å². The Labute approximate surface area is 228 Å². The summed E-state index contributed by atoms with van der Waals surface area (Å²) in [6.45, 7) is 6.03. The first kappa shape index (κ1) is 26.2. The molecule has 11 heteroatoms. The van der Waals surface area contributed by atoms with Gasteiger partial charge in [-0.3, -0.25) is 14.7 Å². The van der Waals surface area contributed by atoms with E-state index in [1.807, 2.05) is 23.3 Å². The van der Waals surface area contributed by atoms with Crippen LogP contribution in [-0.2, 0) is 0 Å². The van der Waals surface area contributed by atoms with Crippen LogP contribution in [0.25, 0.3) is 22.4 Å². The maximum Gasteiger partial charge on any atom is 0.360 e. The number of fused-ring (bicyclic) bond motifs is 1.